The molecule has 3 aromatic rings. The molecule has 0 spiro atoms. The summed E-state index contributed by atoms with van der Waals surface area (Å²) in [5.41, 5.74) is 2.78. The molecule has 1 aromatic heterocycles. The number of aryl methyl sites for hydroxylation is 1. The van der Waals surface area contributed by atoms with Crippen LogP contribution in [0.25, 0.3) is 5.69 Å². The van der Waals surface area contributed by atoms with Crippen LogP contribution < -0.4 is 5.32 Å². The van der Waals surface area contributed by atoms with E-state index in [4.69, 9.17) is 0 Å². The molecule has 4 rings (SSSR count). The van der Waals surface area contributed by atoms with Gasteiger partial charge in [0.1, 0.15) is 0 Å². The van der Waals surface area contributed by atoms with E-state index in [2.05, 4.69) is 15.3 Å². The highest BCUT2D eigenvalue weighted by Crippen LogP contribution is 2.16. The van der Waals surface area contributed by atoms with Crippen LogP contribution in [0.15, 0.2) is 60.9 Å². The van der Waals surface area contributed by atoms with Gasteiger partial charge in [0.15, 0.2) is 11.6 Å². The summed E-state index contributed by atoms with van der Waals surface area (Å²) in [6.45, 7) is 2.21. The van der Waals surface area contributed by atoms with E-state index < -0.39 is 11.6 Å². The molecule has 1 N–H and O–H groups in total. The lowest BCUT2D eigenvalue weighted by Gasteiger charge is -2.32. The van der Waals surface area contributed by atoms with Crippen molar-refractivity contribution in [3.05, 3.63) is 83.7 Å². The van der Waals surface area contributed by atoms with E-state index in [9.17, 15) is 13.6 Å². The Labute approximate surface area is 180 Å². The summed E-state index contributed by atoms with van der Waals surface area (Å²) in [7, 11) is 0. The summed E-state index contributed by atoms with van der Waals surface area (Å²) in [5, 5.41) is 7.49. The highest BCUT2D eigenvalue weighted by atomic mass is 19.2. The van der Waals surface area contributed by atoms with Gasteiger partial charge >= 0.3 is 0 Å². The Kier molecular flexibility index (Phi) is 6.72. The maximum atomic E-state index is 13.4. The third-order valence-corrected chi connectivity index (χ3v) is 5.64. The number of carbonyl (C=O) groups excluding carboxylic acids is 1. The van der Waals surface area contributed by atoms with Gasteiger partial charge < -0.3 is 5.32 Å². The molecule has 0 bridgehead atoms. The molecule has 5 nitrogen and oxygen atoms in total. The largest absolute Gasteiger partial charge is 0.353 e. The predicted octanol–water partition coefficient (Wildman–Crippen LogP) is 3.86. The zero-order valence-electron chi connectivity index (χ0n) is 17.3. The first kappa shape index (κ1) is 21.2. The predicted molar refractivity (Wildman–Crippen MR) is 115 cm³/mol. The minimum atomic E-state index is -0.822. The Balaban J connectivity index is 1.19. The number of likely N-dealkylation sites (tertiary alicyclic amines) is 1. The van der Waals surface area contributed by atoms with Crippen LogP contribution in [0.1, 0.15) is 30.4 Å². The summed E-state index contributed by atoms with van der Waals surface area (Å²) in [6, 6.07) is 14.1. The number of aromatic nitrogens is 2. The van der Waals surface area contributed by atoms with E-state index in [1.165, 1.54) is 12.1 Å². The van der Waals surface area contributed by atoms with Crippen molar-refractivity contribution in [2.24, 2.45) is 0 Å². The van der Waals surface area contributed by atoms with Crippen molar-refractivity contribution in [2.75, 3.05) is 13.1 Å². The third-order valence-electron chi connectivity index (χ3n) is 5.64. The van der Waals surface area contributed by atoms with Crippen molar-refractivity contribution >= 4 is 5.91 Å². The molecule has 1 amide bonds. The van der Waals surface area contributed by atoms with Gasteiger partial charge in [-0.3, -0.25) is 9.69 Å². The van der Waals surface area contributed by atoms with E-state index in [1.807, 2.05) is 41.2 Å². The smallest absolute Gasteiger partial charge is 0.220 e. The van der Waals surface area contributed by atoms with E-state index in [0.29, 0.717) is 19.4 Å². The van der Waals surface area contributed by atoms with Gasteiger partial charge in [-0.05, 0) is 54.7 Å². The lowest BCUT2D eigenvalue weighted by atomic mass is 10.0. The molecule has 1 fully saturated rings. The topological polar surface area (TPSA) is 50.2 Å². The SMILES string of the molecule is O=C(CCc1cnn(-c2ccccc2)c1)NC1CCN(Cc2ccc(F)c(F)c2)CC1. The number of hydrogen-bond donors (Lipinski definition) is 1. The van der Waals surface area contributed by atoms with Crippen molar-refractivity contribution in [1.82, 2.24) is 20.0 Å². The molecular formula is C24H26F2N4O. The first-order valence-corrected chi connectivity index (χ1v) is 10.6. The van der Waals surface area contributed by atoms with Crippen LogP contribution in [0.3, 0.4) is 0 Å². The molecule has 0 atom stereocenters. The molecule has 7 heteroatoms. The molecule has 0 saturated carbocycles. The van der Waals surface area contributed by atoms with Gasteiger partial charge in [0.2, 0.25) is 5.91 Å². The fourth-order valence-electron chi connectivity index (χ4n) is 3.90. The Hall–Kier alpha value is -3.06. The number of benzene rings is 2. The van der Waals surface area contributed by atoms with E-state index in [0.717, 1.165) is 42.7 Å². The Morgan fingerprint density at radius 2 is 1.81 bits per heavy atom. The Morgan fingerprint density at radius 1 is 1.03 bits per heavy atom. The molecule has 2 aromatic carbocycles. The lowest BCUT2D eigenvalue weighted by molar-refractivity contribution is -0.122. The zero-order chi connectivity index (χ0) is 21.6. The fraction of sp³-hybridized carbons (Fsp3) is 0.333. The number of amides is 1. The van der Waals surface area contributed by atoms with Crippen LogP contribution in [0.4, 0.5) is 8.78 Å². The molecule has 0 unspecified atom stereocenters. The number of carbonyl (C=O) groups is 1. The average molecular weight is 424 g/mol. The number of piperidine rings is 1. The summed E-state index contributed by atoms with van der Waals surface area (Å²) in [6.07, 6.45) is 6.53. The lowest BCUT2D eigenvalue weighted by Crippen LogP contribution is -2.44. The molecule has 1 aliphatic rings. The summed E-state index contributed by atoms with van der Waals surface area (Å²) >= 11 is 0. The molecule has 162 valence electrons. The molecule has 0 aliphatic carbocycles. The molecule has 0 radical (unpaired) electrons. The van der Waals surface area contributed by atoms with Gasteiger partial charge in [0.05, 0.1) is 11.9 Å². The molecule has 1 aliphatic heterocycles. The number of halogens is 2. The number of nitrogens with one attached hydrogen (secondary N) is 1. The second kappa shape index (κ2) is 9.83. The minimum absolute atomic E-state index is 0.0477. The Bertz CT molecular complexity index is 1010. The zero-order valence-corrected chi connectivity index (χ0v) is 17.3. The molecule has 1 saturated heterocycles. The summed E-state index contributed by atoms with van der Waals surface area (Å²) in [4.78, 5) is 14.6. The van der Waals surface area contributed by atoms with Crippen LogP contribution in [-0.2, 0) is 17.8 Å². The molecule has 31 heavy (non-hydrogen) atoms. The van der Waals surface area contributed by atoms with Gasteiger partial charge in [-0.2, -0.15) is 5.10 Å². The quantitative estimate of drug-likeness (QED) is 0.627. The van der Waals surface area contributed by atoms with E-state index in [-0.39, 0.29) is 11.9 Å². The van der Waals surface area contributed by atoms with Gasteiger partial charge in [-0.25, -0.2) is 13.5 Å². The van der Waals surface area contributed by atoms with Gasteiger partial charge in [-0.15, -0.1) is 0 Å². The second-order valence-electron chi connectivity index (χ2n) is 8.00. The van der Waals surface area contributed by atoms with Gasteiger partial charge in [-0.1, -0.05) is 24.3 Å². The van der Waals surface area contributed by atoms with Crippen molar-refractivity contribution in [3.8, 4) is 5.69 Å². The molecule has 2 heterocycles. The highest BCUT2D eigenvalue weighted by Gasteiger charge is 2.21. The van der Waals surface area contributed by atoms with Crippen molar-refractivity contribution in [2.45, 2.75) is 38.3 Å². The van der Waals surface area contributed by atoms with Crippen LogP contribution in [0, 0.1) is 11.6 Å². The molecular weight excluding hydrogens is 398 g/mol. The van der Waals surface area contributed by atoms with Crippen molar-refractivity contribution in [1.29, 1.82) is 0 Å². The highest BCUT2D eigenvalue weighted by molar-refractivity contribution is 5.76. The van der Waals surface area contributed by atoms with Crippen LogP contribution in [0.5, 0.6) is 0 Å². The average Bonchev–Trinajstić information content (AvgIpc) is 3.26. The van der Waals surface area contributed by atoms with Crippen molar-refractivity contribution < 1.29 is 13.6 Å². The van der Waals surface area contributed by atoms with Gasteiger partial charge in [0.25, 0.3) is 0 Å². The van der Waals surface area contributed by atoms with Crippen LogP contribution in [0.2, 0.25) is 0 Å². The fourth-order valence-corrected chi connectivity index (χ4v) is 3.90. The van der Waals surface area contributed by atoms with E-state index in [1.54, 1.807) is 12.3 Å². The minimum Gasteiger partial charge on any atom is -0.353 e. The monoisotopic (exact) mass is 424 g/mol. The first-order valence-electron chi connectivity index (χ1n) is 10.6. The number of rotatable bonds is 7. The third kappa shape index (κ3) is 5.76. The maximum Gasteiger partial charge on any atom is 0.220 e. The van der Waals surface area contributed by atoms with Crippen molar-refractivity contribution in [3.63, 3.8) is 0 Å². The van der Waals surface area contributed by atoms with E-state index >= 15 is 0 Å². The van der Waals surface area contributed by atoms with Crippen LogP contribution in [-0.4, -0.2) is 39.7 Å². The number of nitrogens with zero attached hydrogens (tertiary/aromatic N) is 3. The number of para-hydroxylation sites is 1. The normalized spacial score (nSPS) is 15.2. The van der Waals surface area contributed by atoms with Crippen LogP contribution >= 0.6 is 0 Å². The summed E-state index contributed by atoms with van der Waals surface area (Å²) < 4.78 is 28.3. The standard InChI is InChI=1S/C24H26F2N4O/c25-22-8-6-18(14-23(22)26)16-29-12-10-20(11-13-29)28-24(31)9-7-19-15-27-30(17-19)21-4-2-1-3-5-21/h1-6,8,14-15,17,20H,7,9-13,16H2,(H,28,31). The van der Waals surface area contributed by atoms with Gasteiger partial charge in [0, 0.05) is 38.3 Å². The first-order chi connectivity index (χ1) is 15.1. The Morgan fingerprint density at radius 3 is 2.55 bits per heavy atom. The number of hydrogen-bond acceptors (Lipinski definition) is 3. The maximum absolute atomic E-state index is 13.4. The second-order valence-corrected chi connectivity index (χ2v) is 8.00. The summed E-state index contributed by atoms with van der Waals surface area (Å²) in [5.74, 6) is -1.59.